The van der Waals surface area contributed by atoms with Gasteiger partial charge in [0.25, 0.3) is 5.91 Å². The van der Waals surface area contributed by atoms with Crippen LogP contribution in [0.5, 0.6) is 0 Å². The number of pyridine rings is 1. The Morgan fingerprint density at radius 1 is 1.20 bits per heavy atom. The second kappa shape index (κ2) is 6.29. The van der Waals surface area contributed by atoms with E-state index in [1.54, 1.807) is 23.2 Å². The summed E-state index contributed by atoms with van der Waals surface area (Å²) in [6.07, 6.45) is 3.33. The molecule has 2 aromatic rings. The number of hydrogen-bond donors (Lipinski definition) is 2. The van der Waals surface area contributed by atoms with Crippen LogP contribution in [0, 0.1) is 5.92 Å². The number of para-hydroxylation sites is 2. The van der Waals surface area contributed by atoms with Crippen molar-refractivity contribution < 1.29 is 14.5 Å². The summed E-state index contributed by atoms with van der Waals surface area (Å²) in [6, 6.07) is 10.8. The van der Waals surface area contributed by atoms with E-state index in [4.69, 9.17) is 0 Å². The van der Waals surface area contributed by atoms with E-state index in [9.17, 15) is 9.59 Å². The minimum absolute atomic E-state index is 0.0244. The van der Waals surface area contributed by atoms with Crippen molar-refractivity contribution in [3.8, 4) is 0 Å². The number of rotatable bonds is 1. The van der Waals surface area contributed by atoms with Crippen molar-refractivity contribution in [3.05, 3.63) is 48.2 Å². The molecule has 2 aliphatic heterocycles. The van der Waals surface area contributed by atoms with Crippen LogP contribution in [-0.4, -0.2) is 36.9 Å². The highest BCUT2D eigenvalue weighted by Gasteiger charge is 2.35. The van der Waals surface area contributed by atoms with Crippen molar-refractivity contribution >= 4 is 29.0 Å². The summed E-state index contributed by atoms with van der Waals surface area (Å²) in [5, 5.41) is 2.90. The number of hydrogen-bond acceptors (Lipinski definition) is 3. The molecule has 6 heteroatoms. The van der Waals surface area contributed by atoms with Crippen LogP contribution >= 0.6 is 0 Å². The Balaban J connectivity index is 1.81. The third-order valence-electron chi connectivity index (χ3n) is 5.05. The molecule has 2 N–H and O–H groups in total. The topological polar surface area (TPSA) is 66.7 Å². The van der Waals surface area contributed by atoms with Gasteiger partial charge in [-0.3, -0.25) is 14.5 Å². The minimum Gasteiger partial charge on any atom is -0.337 e. The predicted octanol–water partition coefficient (Wildman–Crippen LogP) is 1.24. The minimum atomic E-state index is -0.237. The highest BCUT2D eigenvalue weighted by molar-refractivity contribution is 6.17. The third kappa shape index (κ3) is 2.78. The number of amides is 2. The summed E-state index contributed by atoms with van der Waals surface area (Å²) in [5.41, 5.74) is 1.74. The quantitative estimate of drug-likeness (QED) is 0.823. The Labute approximate surface area is 146 Å². The average Bonchev–Trinajstić information content (AvgIpc) is 2.76. The number of carbonyl (C=O) groups excluding carboxylic acids is 2. The SMILES string of the molecule is C[NH+]1CCC(C(=O)N2c3ccccc3NC(=O)c3cccnc32)CC1. The van der Waals surface area contributed by atoms with E-state index in [-0.39, 0.29) is 17.7 Å². The molecule has 3 heterocycles. The van der Waals surface area contributed by atoms with Gasteiger partial charge in [0.15, 0.2) is 5.82 Å². The van der Waals surface area contributed by atoms with Crippen molar-refractivity contribution in [3.63, 3.8) is 0 Å². The molecule has 1 saturated heterocycles. The Bertz CT molecular complexity index is 828. The Kier molecular flexibility index (Phi) is 3.97. The van der Waals surface area contributed by atoms with Gasteiger partial charge in [-0.2, -0.15) is 0 Å². The van der Waals surface area contributed by atoms with Crippen LogP contribution < -0.4 is 15.1 Å². The lowest BCUT2D eigenvalue weighted by Gasteiger charge is -2.30. The molecule has 128 valence electrons. The van der Waals surface area contributed by atoms with Crippen molar-refractivity contribution in [1.29, 1.82) is 0 Å². The van der Waals surface area contributed by atoms with E-state index in [0.29, 0.717) is 22.8 Å². The second-order valence-electron chi connectivity index (χ2n) is 6.75. The summed E-state index contributed by atoms with van der Waals surface area (Å²) in [4.78, 5) is 33.4. The zero-order valence-corrected chi connectivity index (χ0v) is 14.2. The Hall–Kier alpha value is -2.73. The van der Waals surface area contributed by atoms with E-state index in [1.807, 2.05) is 24.3 Å². The largest absolute Gasteiger partial charge is 0.337 e. The van der Waals surface area contributed by atoms with E-state index in [2.05, 4.69) is 17.3 Å². The molecule has 0 spiro atoms. The summed E-state index contributed by atoms with van der Waals surface area (Å²) < 4.78 is 0. The van der Waals surface area contributed by atoms with Gasteiger partial charge in [-0.1, -0.05) is 12.1 Å². The molecular formula is C19H21N4O2+. The van der Waals surface area contributed by atoms with Crippen LogP contribution in [0.15, 0.2) is 42.6 Å². The first-order valence-electron chi connectivity index (χ1n) is 8.66. The van der Waals surface area contributed by atoms with Crippen LogP contribution in [0.1, 0.15) is 23.2 Å². The van der Waals surface area contributed by atoms with Gasteiger partial charge in [-0.05, 0) is 24.3 Å². The van der Waals surface area contributed by atoms with Gasteiger partial charge in [0, 0.05) is 25.0 Å². The highest BCUT2D eigenvalue weighted by atomic mass is 16.2. The first kappa shape index (κ1) is 15.8. The van der Waals surface area contributed by atoms with Crippen LogP contribution in [-0.2, 0) is 4.79 Å². The summed E-state index contributed by atoms with van der Waals surface area (Å²) >= 11 is 0. The number of carbonyl (C=O) groups is 2. The molecule has 2 amide bonds. The van der Waals surface area contributed by atoms with Crippen molar-refractivity contribution in [2.24, 2.45) is 5.92 Å². The maximum Gasteiger partial charge on any atom is 0.259 e. The number of nitrogens with one attached hydrogen (secondary N) is 2. The molecule has 0 atom stereocenters. The maximum atomic E-state index is 13.4. The lowest BCUT2D eigenvalue weighted by atomic mass is 9.95. The van der Waals surface area contributed by atoms with E-state index >= 15 is 0 Å². The van der Waals surface area contributed by atoms with Gasteiger partial charge in [0.05, 0.1) is 37.1 Å². The number of fused-ring (bicyclic) bond motifs is 2. The van der Waals surface area contributed by atoms with Gasteiger partial charge in [0.1, 0.15) is 0 Å². The summed E-state index contributed by atoms with van der Waals surface area (Å²) in [5.74, 6) is 0.163. The standard InChI is InChI=1S/C19H20N4O2/c1-22-11-8-13(9-12-22)19(25)23-16-7-3-2-6-15(16)21-18(24)14-5-4-10-20-17(14)23/h2-7,10,13H,8-9,11-12H2,1H3,(H,21,24)/p+1. The monoisotopic (exact) mass is 337 g/mol. The number of quaternary nitrogens is 1. The lowest BCUT2D eigenvalue weighted by Crippen LogP contribution is -3.10. The number of nitrogens with zero attached hydrogens (tertiary/aromatic N) is 2. The van der Waals surface area contributed by atoms with E-state index < -0.39 is 0 Å². The highest BCUT2D eigenvalue weighted by Crippen LogP contribution is 2.38. The average molecular weight is 337 g/mol. The fraction of sp³-hybridized carbons (Fsp3) is 0.316. The van der Waals surface area contributed by atoms with Gasteiger partial charge in [-0.25, -0.2) is 4.98 Å². The van der Waals surface area contributed by atoms with E-state index in [0.717, 1.165) is 25.9 Å². The maximum absolute atomic E-state index is 13.4. The van der Waals surface area contributed by atoms with Gasteiger partial charge >= 0.3 is 0 Å². The number of benzene rings is 1. The molecule has 0 saturated carbocycles. The molecule has 6 nitrogen and oxygen atoms in total. The van der Waals surface area contributed by atoms with E-state index in [1.165, 1.54) is 4.90 Å². The summed E-state index contributed by atoms with van der Waals surface area (Å²) in [7, 11) is 2.15. The number of aromatic nitrogens is 1. The molecule has 0 aliphatic carbocycles. The fourth-order valence-corrected chi connectivity index (χ4v) is 3.59. The number of anilines is 3. The second-order valence-corrected chi connectivity index (χ2v) is 6.75. The first-order valence-corrected chi connectivity index (χ1v) is 8.66. The molecular weight excluding hydrogens is 316 g/mol. The normalized spacial score (nSPS) is 22.4. The number of piperidine rings is 1. The Morgan fingerprint density at radius 3 is 2.76 bits per heavy atom. The molecule has 0 radical (unpaired) electrons. The van der Waals surface area contributed by atoms with Crippen LogP contribution in [0.25, 0.3) is 0 Å². The van der Waals surface area contributed by atoms with Crippen LogP contribution in [0.4, 0.5) is 17.2 Å². The van der Waals surface area contributed by atoms with Crippen LogP contribution in [0.3, 0.4) is 0 Å². The smallest absolute Gasteiger partial charge is 0.259 e. The molecule has 0 bridgehead atoms. The predicted molar refractivity (Wildman–Crippen MR) is 95.1 cm³/mol. The molecule has 1 aromatic carbocycles. The lowest BCUT2D eigenvalue weighted by molar-refractivity contribution is -0.885. The Morgan fingerprint density at radius 2 is 1.96 bits per heavy atom. The van der Waals surface area contributed by atoms with Crippen molar-refractivity contribution in [2.45, 2.75) is 12.8 Å². The van der Waals surface area contributed by atoms with Crippen molar-refractivity contribution in [1.82, 2.24) is 4.98 Å². The van der Waals surface area contributed by atoms with Gasteiger partial charge in [0.2, 0.25) is 5.91 Å². The molecule has 1 aromatic heterocycles. The fourth-order valence-electron chi connectivity index (χ4n) is 3.59. The molecule has 0 unspecified atom stereocenters. The molecule has 1 fully saturated rings. The van der Waals surface area contributed by atoms with Gasteiger partial charge in [-0.15, -0.1) is 0 Å². The first-order chi connectivity index (χ1) is 12.1. The molecule has 25 heavy (non-hydrogen) atoms. The molecule has 2 aliphatic rings. The third-order valence-corrected chi connectivity index (χ3v) is 5.05. The zero-order valence-electron chi connectivity index (χ0n) is 14.2. The molecule has 4 rings (SSSR count). The zero-order chi connectivity index (χ0) is 17.4. The van der Waals surface area contributed by atoms with Gasteiger partial charge < -0.3 is 10.2 Å². The van der Waals surface area contributed by atoms with Crippen LogP contribution in [0.2, 0.25) is 0 Å². The summed E-state index contributed by atoms with van der Waals surface area (Å²) in [6.45, 7) is 1.97. The van der Waals surface area contributed by atoms with Crippen molar-refractivity contribution in [2.75, 3.05) is 30.4 Å². The number of likely N-dealkylation sites (tertiary alicyclic amines) is 1.